The van der Waals surface area contributed by atoms with Crippen LogP contribution in [0.25, 0.3) is 10.9 Å². The van der Waals surface area contributed by atoms with Gasteiger partial charge >= 0.3 is 0 Å². The number of nitrogens with one attached hydrogen (secondary N) is 2. The van der Waals surface area contributed by atoms with Crippen molar-refractivity contribution in [1.82, 2.24) is 25.0 Å². The number of aryl methyl sites for hydroxylation is 2. The minimum atomic E-state index is -0.732. The second-order valence-corrected chi connectivity index (χ2v) is 7.09. The number of nitrogens with two attached hydrogens (primary N) is 2. The lowest BCUT2D eigenvalue weighted by atomic mass is 10.1. The Kier molecular flexibility index (Phi) is 6.43. The Labute approximate surface area is 174 Å². The number of anilines is 3. The molecule has 0 aliphatic rings. The molecule has 1 amide bonds. The predicted molar refractivity (Wildman–Crippen MR) is 115 cm³/mol. The standard InChI is InChI=1S/C19H27N9O2/c1-5-28-8-12-7-13(6-10(2)15(12)27-28)23-18-16(17(21)29)25-26-19(24-18)22-11(3)14(20)9-30-4/h6-8,11,14H,5,9,20H2,1-4H3,(H2,21,29)(H2,22,23,24,26)/t11-,14+/m1/s1. The van der Waals surface area contributed by atoms with Crippen LogP contribution in [-0.4, -0.2) is 56.7 Å². The van der Waals surface area contributed by atoms with Crippen molar-refractivity contribution in [2.45, 2.75) is 39.4 Å². The van der Waals surface area contributed by atoms with Crippen molar-refractivity contribution >= 4 is 34.3 Å². The summed E-state index contributed by atoms with van der Waals surface area (Å²) in [6, 6.07) is 3.40. The first kappa shape index (κ1) is 21.4. The Morgan fingerprint density at radius 1 is 1.33 bits per heavy atom. The lowest BCUT2D eigenvalue weighted by molar-refractivity contribution is 0.0995. The molecule has 0 aliphatic carbocycles. The van der Waals surface area contributed by atoms with E-state index in [2.05, 4.69) is 30.9 Å². The highest BCUT2D eigenvalue weighted by molar-refractivity contribution is 5.96. The maximum atomic E-state index is 11.8. The summed E-state index contributed by atoms with van der Waals surface area (Å²) in [5, 5.41) is 19.6. The van der Waals surface area contributed by atoms with E-state index in [1.165, 1.54) is 0 Å². The molecule has 0 spiro atoms. The maximum Gasteiger partial charge on any atom is 0.273 e. The molecule has 3 aromatic rings. The van der Waals surface area contributed by atoms with Gasteiger partial charge in [0.15, 0.2) is 11.5 Å². The number of hydrogen-bond acceptors (Lipinski definition) is 9. The average molecular weight is 413 g/mol. The summed E-state index contributed by atoms with van der Waals surface area (Å²) in [6.45, 7) is 7.03. The molecular weight excluding hydrogens is 386 g/mol. The minimum Gasteiger partial charge on any atom is -0.383 e. The van der Waals surface area contributed by atoms with Crippen LogP contribution in [0.4, 0.5) is 17.5 Å². The van der Waals surface area contributed by atoms with E-state index in [4.69, 9.17) is 16.2 Å². The number of aromatic nitrogens is 5. The van der Waals surface area contributed by atoms with Gasteiger partial charge in [0.2, 0.25) is 5.95 Å². The van der Waals surface area contributed by atoms with Gasteiger partial charge in [0.05, 0.1) is 12.1 Å². The zero-order valence-electron chi connectivity index (χ0n) is 17.5. The number of nitrogens with zero attached hydrogens (tertiary/aromatic N) is 5. The van der Waals surface area contributed by atoms with Gasteiger partial charge in [-0.1, -0.05) is 0 Å². The zero-order valence-corrected chi connectivity index (χ0v) is 17.5. The van der Waals surface area contributed by atoms with Gasteiger partial charge in [-0.15, -0.1) is 10.2 Å². The van der Waals surface area contributed by atoms with Crippen LogP contribution < -0.4 is 22.1 Å². The molecule has 0 saturated heterocycles. The fourth-order valence-corrected chi connectivity index (χ4v) is 3.02. The second-order valence-electron chi connectivity index (χ2n) is 7.09. The van der Waals surface area contributed by atoms with Crippen molar-refractivity contribution in [3.8, 4) is 0 Å². The van der Waals surface area contributed by atoms with Gasteiger partial charge in [-0.3, -0.25) is 9.48 Å². The van der Waals surface area contributed by atoms with Gasteiger partial charge in [0.1, 0.15) is 0 Å². The van der Waals surface area contributed by atoms with E-state index in [1.54, 1.807) is 7.11 Å². The smallest absolute Gasteiger partial charge is 0.273 e. The van der Waals surface area contributed by atoms with Crippen LogP contribution in [0.1, 0.15) is 29.9 Å². The van der Waals surface area contributed by atoms with Crippen molar-refractivity contribution in [2.24, 2.45) is 11.5 Å². The third kappa shape index (κ3) is 4.63. The number of fused-ring (bicyclic) bond motifs is 1. The lowest BCUT2D eigenvalue weighted by Gasteiger charge is -2.20. The van der Waals surface area contributed by atoms with Gasteiger partial charge in [0.25, 0.3) is 5.91 Å². The molecule has 30 heavy (non-hydrogen) atoms. The van der Waals surface area contributed by atoms with Gasteiger partial charge in [-0.2, -0.15) is 10.1 Å². The number of ether oxygens (including phenoxy) is 1. The Balaban J connectivity index is 1.92. The zero-order chi connectivity index (χ0) is 21.8. The molecule has 0 radical (unpaired) electrons. The van der Waals surface area contributed by atoms with Crippen molar-refractivity contribution in [2.75, 3.05) is 24.4 Å². The van der Waals surface area contributed by atoms with E-state index in [0.29, 0.717) is 6.61 Å². The molecule has 6 N–H and O–H groups in total. The normalized spacial score (nSPS) is 13.2. The summed E-state index contributed by atoms with van der Waals surface area (Å²) < 4.78 is 6.94. The molecule has 160 valence electrons. The fraction of sp³-hybridized carbons (Fsp3) is 0.421. The van der Waals surface area contributed by atoms with E-state index in [9.17, 15) is 4.79 Å². The fourth-order valence-electron chi connectivity index (χ4n) is 3.02. The first-order valence-electron chi connectivity index (χ1n) is 9.62. The van der Waals surface area contributed by atoms with E-state index in [-0.39, 0.29) is 29.5 Å². The molecule has 1 aromatic carbocycles. The van der Waals surface area contributed by atoms with Crippen molar-refractivity contribution in [3.63, 3.8) is 0 Å². The number of methoxy groups -OCH3 is 1. The maximum absolute atomic E-state index is 11.8. The van der Waals surface area contributed by atoms with E-state index in [0.717, 1.165) is 28.7 Å². The van der Waals surface area contributed by atoms with Crippen LogP contribution in [0.15, 0.2) is 18.3 Å². The molecule has 11 nitrogen and oxygen atoms in total. The number of hydrogen-bond donors (Lipinski definition) is 4. The van der Waals surface area contributed by atoms with Gasteiger partial charge in [-0.05, 0) is 38.5 Å². The highest BCUT2D eigenvalue weighted by Crippen LogP contribution is 2.25. The molecule has 0 saturated carbocycles. The van der Waals surface area contributed by atoms with Crippen LogP contribution in [0.3, 0.4) is 0 Å². The second kappa shape index (κ2) is 9.01. The Morgan fingerprint density at radius 2 is 2.10 bits per heavy atom. The largest absolute Gasteiger partial charge is 0.383 e. The molecule has 3 rings (SSSR count). The van der Waals surface area contributed by atoms with Crippen LogP contribution in [0.2, 0.25) is 0 Å². The van der Waals surface area contributed by atoms with Crippen LogP contribution in [-0.2, 0) is 11.3 Å². The number of benzene rings is 1. The van der Waals surface area contributed by atoms with Crippen molar-refractivity contribution in [3.05, 3.63) is 29.6 Å². The third-order valence-electron chi connectivity index (χ3n) is 4.71. The minimum absolute atomic E-state index is 0.0589. The van der Waals surface area contributed by atoms with Gasteiger partial charge < -0.3 is 26.8 Å². The van der Waals surface area contributed by atoms with Crippen molar-refractivity contribution < 1.29 is 9.53 Å². The monoisotopic (exact) mass is 413 g/mol. The molecule has 2 atom stereocenters. The summed E-state index contributed by atoms with van der Waals surface area (Å²) in [5.74, 6) is -0.308. The summed E-state index contributed by atoms with van der Waals surface area (Å²) in [5.41, 5.74) is 14.1. The van der Waals surface area contributed by atoms with Crippen LogP contribution >= 0.6 is 0 Å². The molecule has 11 heteroatoms. The average Bonchev–Trinajstić information content (AvgIpc) is 3.12. The van der Waals surface area contributed by atoms with E-state index in [1.807, 2.05) is 43.8 Å². The topological polar surface area (TPSA) is 159 Å². The van der Waals surface area contributed by atoms with E-state index >= 15 is 0 Å². The SMILES string of the molecule is CCn1cc2cc(Nc3nc(N[C@H](C)[C@@H](N)COC)nnc3C(N)=O)cc(C)c2n1. The summed E-state index contributed by atoms with van der Waals surface area (Å²) in [4.78, 5) is 16.2. The van der Waals surface area contributed by atoms with E-state index < -0.39 is 5.91 Å². The molecule has 0 fully saturated rings. The van der Waals surface area contributed by atoms with Gasteiger partial charge in [-0.25, -0.2) is 0 Å². The summed E-state index contributed by atoms with van der Waals surface area (Å²) in [6.07, 6.45) is 1.96. The molecule has 0 aliphatic heterocycles. The quantitative estimate of drug-likeness (QED) is 0.404. The molecule has 0 unspecified atom stereocenters. The molecular formula is C19H27N9O2. The molecule has 2 heterocycles. The van der Waals surface area contributed by atoms with Crippen LogP contribution in [0.5, 0.6) is 0 Å². The van der Waals surface area contributed by atoms with Crippen molar-refractivity contribution in [1.29, 1.82) is 0 Å². The number of rotatable bonds is 9. The van der Waals surface area contributed by atoms with Crippen LogP contribution in [0, 0.1) is 6.92 Å². The first-order chi connectivity index (χ1) is 14.3. The molecule has 2 aromatic heterocycles. The highest BCUT2D eigenvalue weighted by Gasteiger charge is 2.18. The highest BCUT2D eigenvalue weighted by atomic mass is 16.5. The number of primary amides is 1. The Morgan fingerprint density at radius 3 is 2.77 bits per heavy atom. The number of carbonyl (C=O) groups excluding carboxylic acids is 1. The van der Waals surface area contributed by atoms with Gasteiger partial charge in [0, 0.05) is 43.0 Å². The molecule has 0 bridgehead atoms. The third-order valence-corrected chi connectivity index (χ3v) is 4.71. The summed E-state index contributed by atoms with van der Waals surface area (Å²) in [7, 11) is 1.58. The first-order valence-corrected chi connectivity index (χ1v) is 9.62. The lowest BCUT2D eigenvalue weighted by Crippen LogP contribution is -2.41. The Bertz CT molecular complexity index is 1050. The number of amides is 1. The Hall–Kier alpha value is -3.31. The predicted octanol–water partition coefficient (Wildman–Crippen LogP) is 1.17. The summed E-state index contributed by atoms with van der Waals surface area (Å²) >= 11 is 0. The number of carbonyl (C=O) groups is 1.